The molecule has 1 aliphatic rings. The highest BCUT2D eigenvalue weighted by Gasteiger charge is 2.20. The number of aromatic nitrogens is 2. The smallest absolute Gasteiger partial charge is 0.257 e. The van der Waals surface area contributed by atoms with Gasteiger partial charge in [0.05, 0.1) is 11.8 Å². The fourth-order valence-electron chi connectivity index (χ4n) is 2.23. The summed E-state index contributed by atoms with van der Waals surface area (Å²) in [6.07, 6.45) is 4.46. The Morgan fingerprint density at radius 3 is 2.89 bits per heavy atom. The van der Waals surface area contributed by atoms with Gasteiger partial charge < -0.3 is 9.80 Å². The number of nitrogens with zero attached hydrogens (tertiary/aromatic N) is 4. The van der Waals surface area contributed by atoms with Gasteiger partial charge in [-0.05, 0) is 13.0 Å². The summed E-state index contributed by atoms with van der Waals surface area (Å²) in [5.74, 6) is 0.101. The lowest BCUT2D eigenvalue weighted by molar-refractivity contribution is 0.0762. The van der Waals surface area contributed by atoms with E-state index in [9.17, 15) is 4.79 Å². The fraction of sp³-hybridized carbons (Fsp3) is 0.667. The van der Waals surface area contributed by atoms with Crippen LogP contribution in [0.1, 0.15) is 16.8 Å². The quantitative estimate of drug-likeness (QED) is 0.780. The molecule has 6 heteroatoms. The minimum atomic E-state index is 0.101. The summed E-state index contributed by atoms with van der Waals surface area (Å²) >= 11 is 3.46. The zero-order valence-electron chi connectivity index (χ0n) is 10.7. The SMILES string of the molecule is Cn1cc(C(=O)N2CCCN(CCBr)CC2)cn1. The predicted octanol–water partition coefficient (Wildman–Crippen LogP) is 0.963. The van der Waals surface area contributed by atoms with Crippen LogP contribution in [0.25, 0.3) is 0 Å². The number of halogens is 1. The maximum absolute atomic E-state index is 12.3. The second kappa shape index (κ2) is 6.33. The van der Waals surface area contributed by atoms with Gasteiger partial charge in [-0.3, -0.25) is 9.48 Å². The fourth-order valence-corrected chi connectivity index (χ4v) is 2.73. The molecule has 1 aromatic heterocycles. The summed E-state index contributed by atoms with van der Waals surface area (Å²) in [6.45, 7) is 4.72. The van der Waals surface area contributed by atoms with Crippen molar-refractivity contribution in [1.29, 1.82) is 0 Å². The Balaban J connectivity index is 1.95. The molecule has 0 spiro atoms. The van der Waals surface area contributed by atoms with Gasteiger partial charge in [-0.1, -0.05) is 15.9 Å². The van der Waals surface area contributed by atoms with Crippen molar-refractivity contribution in [3.05, 3.63) is 18.0 Å². The van der Waals surface area contributed by atoms with Crippen LogP contribution in [-0.2, 0) is 7.05 Å². The molecule has 18 heavy (non-hydrogen) atoms. The molecule has 1 saturated heterocycles. The third-order valence-corrected chi connectivity index (χ3v) is 3.58. The maximum atomic E-state index is 12.3. The van der Waals surface area contributed by atoms with Gasteiger partial charge in [0.1, 0.15) is 0 Å². The number of alkyl halides is 1. The van der Waals surface area contributed by atoms with Gasteiger partial charge in [-0.25, -0.2) is 0 Å². The van der Waals surface area contributed by atoms with E-state index in [0.717, 1.165) is 44.5 Å². The highest BCUT2D eigenvalue weighted by atomic mass is 79.9. The second-order valence-electron chi connectivity index (χ2n) is 4.58. The Hall–Kier alpha value is -0.880. The van der Waals surface area contributed by atoms with Crippen molar-refractivity contribution in [1.82, 2.24) is 19.6 Å². The molecule has 1 amide bonds. The van der Waals surface area contributed by atoms with Gasteiger partial charge in [0.25, 0.3) is 5.91 Å². The summed E-state index contributed by atoms with van der Waals surface area (Å²) in [6, 6.07) is 0. The zero-order valence-corrected chi connectivity index (χ0v) is 12.3. The van der Waals surface area contributed by atoms with E-state index in [4.69, 9.17) is 0 Å². The van der Waals surface area contributed by atoms with Crippen LogP contribution in [-0.4, -0.2) is 63.5 Å². The second-order valence-corrected chi connectivity index (χ2v) is 5.37. The Morgan fingerprint density at radius 1 is 1.39 bits per heavy atom. The topological polar surface area (TPSA) is 41.4 Å². The van der Waals surface area contributed by atoms with Gasteiger partial charge in [0.2, 0.25) is 0 Å². The van der Waals surface area contributed by atoms with E-state index in [1.54, 1.807) is 17.1 Å². The Morgan fingerprint density at radius 2 is 2.22 bits per heavy atom. The molecule has 0 N–H and O–H groups in total. The van der Waals surface area contributed by atoms with Crippen LogP contribution in [0, 0.1) is 0 Å². The van der Waals surface area contributed by atoms with Gasteiger partial charge >= 0.3 is 0 Å². The van der Waals surface area contributed by atoms with E-state index in [1.807, 2.05) is 11.9 Å². The van der Waals surface area contributed by atoms with Crippen LogP contribution in [0.15, 0.2) is 12.4 Å². The molecular formula is C12H19BrN4O. The molecule has 0 aliphatic carbocycles. The van der Waals surface area contributed by atoms with E-state index in [-0.39, 0.29) is 5.91 Å². The molecule has 0 saturated carbocycles. The van der Waals surface area contributed by atoms with Crippen molar-refractivity contribution in [2.45, 2.75) is 6.42 Å². The maximum Gasteiger partial charge on any atom is 0.257 e. The monoisotopic (exact) mass is 314 g/mol. The Kier molecular flexibility index (Phi) is 4.77. The lowest BCUT2D eigenvalue weighted by Crippen LogP contribution is -2.35. The third kappa shape index (κ3) is 3.32. The van der Waals surface area contributed by atoms with Crippen molar-refractivity contribution in [3.8, 4) is 0 Å². The van der Waals surface area contributed by atoms with Crippen LogP contribution >= 0.6 is 15.9 Å². The van der Waals surface area contributed by atoms with Crippen molar-refractivity contribution in [2.75, 3.05) is 38.1 Å². The molecule has 0 unspecified atom stereocenters. The van der Waals surface area contributed by atoms with Crippen LogP contribution in [0.3, 0.4) is 0 Å². The van der Waals surface area contributed by atoms with Crippen LogP contribution < -0.4 is 0 Å². The summed E-state index contributed by atoms with van der Waals surface area (Å²) in [5, 5.41) is 5.04. The zero-order chi connectivity index (χ0) is 13.0. The van der Waals surface area contributed by atoms with Gasteiger partial charge in [0.15, 0.2) is 0 Å². The average Bonchev–Trinajstić information content (AvgIpc) is 2.65. The van der Waals surface area contributed by atoms with E-state index in [0.29, 0.717) is 5.56 Å². The predicted molar refractivity (Wildman–Crippen MR) is 74.0 cm³/mol. The van der Waals surface area contributed by atoms with Crippen LogP contribution in [0.5, 0.6) is 0 Å². The highest BCUT2D eigenvalue weighted by molar-refractivity contribution is 9.09. The molecule has 1 aliphatic heterocycles. The lowest BCUT2D eigenvalue weighted by atomic mass is 10.3. The molecule has 1 fully saturated rings. The molecule has 1 aromatic rings. The molecule has 2 heterocycles. The van der Waals surface area contributed by atoms with E-state index < -0.39 is 0 Å². The largest absolute Gasteiger partial charge is 0.337 e. The Bertz CT molecular complexity index is 407. The molecule has 0 radical (unpaired) electrons. The minimum absolute atomic E-state index is 0.101. The molecule has 0 atom stereocenters. The van der Waals surface area contributed by atoms with Crippen molar-refractivity contribution >= 4 is 21.8 Å². The molecular weight excluding hydrogens is 296 g/mol. The number of rotatable bonds is 3. The van der Waals surface area contributed by atoms with Crippen molar-refractivity contribution in [3.63, 3.8) is 0 Å². The van der Waals surface area contributed by atoms with Crippen molar-refractivity contribution < 1.29 is 4.79 Å². The summed E-state index contributed by atoms with van der Waals surface area (Å²) < 4.78 is 1.67. The Labute approximate surface area is 116 Å². The summed E-state index contributed by atoms with van der Waals surface area (Å²) in [4.78, 5) is 16.6. The first-order chi connectivity index (χ1) is 8.70. The average molecular weight is 315 g/mol. The number of hydrogen-bond acceptors (Lipinski definition) is 3. The first kappa shape index (κ1) is 13.5. The number of carbonyl (C=O) groups excluding carboxylic acids is 1. The first-order valence-electron chi connectivity index (χ1n) is 6.27. The lowest BCUT2D eigenvalue weighted by Gasteiger charge is -2.20. The van der Waals surface area contributed by atoms with Crippen LogP contribution in [0.4, 0.5) is 0 Å². The molecule has 2 rings (SSSR count). The number of amides is 1. The molecule has 0 bridgehead atoms. The normalized spacial score (nSPS) is 17.8. The van der Waals surface area contributed by atoms with Gasteiger partial charge in [-0.2, -0.15) is 5.10 Å². The number of hydrogen-bond donors (Lipinski definition) is 0. The van der Waals surface area contributed by atoms with Gasteiger partial charge in [0, 0.05) is 44.8 Å². The van der Waals surface area contributed by atoms with Gasteiger partial charge in [-0.15, -0.1) is 0 Å². The summed E-state index contributed by atoms with van der Waals surface area (Å²) in [5.41, 5.74) is 0.687. The number of carbonyl (C=O) groups is 1. The van der Waals surface area contributed by atoms with E-state index >= 15 is 0 Å². The number of aryl methyl sites for hydroxylation is 1. The molecule has 100 valence electrons. The molecule has 5 nitrogen and oxygen atoms in total. The standard InChI is InChI=1S/C12H19BrN4O/c1-15-10-11(9-14-15)12(18)17-5-2-4-16(6-3-13)7-8-17/h9-10H,2-8H2,1H3. The molecule has 0 aromatic carbocycles. The third-order valence-electron chi connectivity index (χ3n) is 3.23. The first-order valence-corrected chi connectivity index (χ1v) is 7.39. The van der Waals surface area contributed by atoms with Crippen LogP contribution in [0.2, 0.25) is 0 Å². The van der Waals surface area contributed by atoms with E-state index in [1.165, 1.54) is 0 Å². The minimum Gasteiger partial charge on any atom is -0.337 e. The van der Waals surface area contributed by atoms with E-state index in [2.05, 4.69) is 25.9 Å². The van der Waals surface area contributed by atoms with Crippen molar-refractivity contribution in [2.24, 2.45) is 7.05 Å². The summed E-state index contributed by atoms with van der Waals surface area (Å²) in [7, 11) is 1.83. The highest BCUT2D eigenvalue weighted by Crippen LogP contribution is 2.08.